The van der Waals surface area contributed by atoms with E-state index in [2.05, 4.69) is 13.0 Å². The molecule has 0 bridgehead atoms. The van der Waals surface area contributed by atoms with Crippen LogP contribution < -0.4 is 0 Å². The molecule has 0 amide bonds. The summed E-state index contributed by atoms with van der Waals surface area (Å²) < 4.78 is 5.31. The molecule has 2 nitrogen and oxygen atoms in total. The van der Waals surface area contributed by atoms with E-state index in [0.717, 1.165) is 5.56 Å². The van der Waals surface area contributed by atoms with Crippen LogP contribution in [0.25, 0.3) is 0 Å². The van der Waals surface area contributed by atoms with Crippen molar-refractivity contribution >= 4 is 0 Å². The molecule has 0 radical (unpaired) electrons. The summed E-state index contributed by atoms with van der Waals surface area (Å²) in [4.78, 5) is 0. The molecule has 0 aromatic heterocycles. The Morgan fingerprint density at radius 1 is 1.36 bits per heavy atom. The lowest BCUT2D eigenvalue weighted by molar-refractivity contribution is 0.102. The van der Waals surface area contributed by atoms with Crippen molar-refractivity contribution < 1.29 is 4.74 Å². The predicted molar refractivity (Wildman–Crippen MR) is 55.9 cm³/mol. The highest BCUT2D eigenvalue weighted by Crippen LogP contribution is 2.19. The number of nitriles is 1. The third kappa shape index (κ3) is 2.34. The van der Waals surface area contributed by atoms with Gasteiger partial charge in [0.2, 0.25) is 0 Å². The lowest BCUT2D eigenvalue weighted by atomic mass is 10.0. The second-order valence-electron chi connectivity index (χ2n) is 3.31. The van der Waals surface area contributed by atoms with Crippen LogP contribution in [0.15, 0.2) is 18.2 Å². The third-order valence-electron chi connectivity index (χ3n) is 2.28. The smallest absolute Gasteiger partial charge is 0.169 e. The summed E-state index contributed by atoms with van der Waals surface area (Å²) in [5.74, 6) is 0. The van der Waals surface area contributed by atoms with Gasteiger partial charge in [0.1, 0.15) is 0 Å². The van der Waals surface area contributed by atoms with Gasteiger partial charge in [-0.1, -0.05) is 18.2 Å². The van der Waals surface area contributed by atoms with Crippen molar-refractivity contribution in [2.75, 3.05) is 6.61 Å². The van der Waals surface area contributed by atoms with Gasteiger partial charge in [0.25, 0.3) is 0 Å². The minimum atomic E-state index is -0.431. The Balaban J connectivity index is 2.95. The van der Waals surface area contributed by atoms with E-state index in [4.69, 9.17) is 10.00 Å². The molecule has 0 fully saturated rings. The lowest BCUT2D eigenvalue weighted by Crippen LogP contribution is -2.02. The summed E-state index contributed by atoms with van der Waals surface area (Å²) in [5.41, 5.74) is 3.38. The van der Waals surface area contributed by atoms with Gasteiger partial charge in [0.15, 0.2) is 6.10 Å². The van der Waals surface area contributed by atoms with Crippen molar-refractivity contribution in [1.82, 2.24) is 0 Å². The molecule has 2 heteroatoms. The van der Waals surface area contributed by atoms with E-state index in [1.807, 2.05) is 32.0 Å². The maximum atomic E-state index is 8.90. The fraction of sp³-hybridized carbons (Fsp3) is 0.417. The third-order valence-corrected chi connectivity index (χ3v) is 2.28. The zero-order valence-electron chi connectivity index (χ0n) is 8.87. The van der Waals surface area contributed by atoms with Gasteiger partial charge in [-0.25, -0.2) is 0 Å². The summed E-state index contributed by atoms with van der Waals surface area (Å²) >= 11 is 0. The van der Waals surface area contributed by atoms with Gasteiger partial charge >= 0.3 is 0 Å². The Hall–Kier alpha value is -1.33. The zero-order valence-corrected chi connectivity index (χ0v) is 8.87. The number of rotatable bonds is 3. The Morgan fingerprint density at radius 3 is 2.57 bits per heavy atom. The molecule has 0 N–H and O–H groups in total. The first-order valence-corrected chi connectivity index (χ1v) is 4.77. The normalized spacial score (nSPS) is 12.1. The summed E-state index contributed by atoms with van der Waals surface area (Å²) in [6, 6.07) is 8.13. The van der Waals surface area contributed by atoms with Gasteiger partial charge in [-0.3, -0.25) is 0 Å². The highest BCUT2D eigenvalue weighted by atomic mass is 16.5. The molecule has 0 spiro atoms. The van der Waals surface area contributed by atoms with E-state index < -0.39 is 6.10 Å². The van der Waals surface area contributed by atoms with Crippen molar-refractivity contribution in [3.63, 3.8) is 0 Å². The minimum absolute atomic E-state index is 0.431. The number of nitrogens with zero attached hydrogens (tertiary/aromatic N) is 1. The van der Waals surface area contributed by atoms with E-state index in [1.165, 1.54) is 11.1 Å². The molecular formula is C12H15NO. The molecule has 1 atom stereocenters. The standard InChI is InChI=1S/C12H15NO/c1-4-14-12(8-13)11-6-5-9(2)10(3)7-11/h5-7,12H,4H2,1-3H3. The lowest BCUT2D eigenvalue weighted by Gasteiger charge is -2.10. The predicted octanol–water partition coefficient (Wildman–Crippen LogP) is 2.90. The first kappa shape index (κ1) is 10.7. The Kier molecular flexibility index (Phi) is 3.67. The van der Waals surface area contributed by atoms with Crippen molar-refractivity contribution in [1.29, 1.82) is 5.26 Å². The molecule has 0 aliphatic heterocycles. The fourth-order valence-corrected chi connectivity index (χ4v) is 1.30. The number of aryl methyl sites for hydroxylation is 2. The van der Waals surface area contributed by atoms with Crippen LogP contribution in [0.4, 0.5) is 0 Å². The Labute approximate surface area is 85.1 Å². The number of benzene rings is 1. The van der Waals surface area contributed by atoms with Gasteiger partial charge in [-0.2, -0.15) is 5.26 Å². The molecule has 0 aliphatic carbocycles. The topological polar surface area (TPSA) is 33.0 Å². The maximum absolute atomic E-state index is 8.90. The van der Waals surface area contributed by atoms with Crippen LogP contribution in [0.2, 0.25) is 0 Å². The van der Waals surface area contributed by atoms with Crippen LogP contribution in [-0.2, 0) is 4.74 Å². The summed E-state index contributed by atoms with van der Waals surface area (Å²) in [7, 11) is 0. The molecular weight excluding hydrogens is 174 g/mol. The first-order chi connectivity index (χ1) is 6.69. The van der Waals surface area contributed by atoms with E-state index >= 15 is 0 Å². The number of hydrogen-bond donors (Lipinski definition) is 0. The van der Waals surface area contributed by atoms with E-state index in [0.29, 0.717) is 6.61 Å². The van der Waals surface area contributed by atoms with Crippen LogP contribution in [0.1, 0.15) is 29.7 Å². The molecule has 0 aliphatic rings. The van der Waals surface area contributed by atoms with Gasteiger partial charge in [-0.05, 0) is 37.5 Å². The number of ether oxygens (including phenoxy) is 1. The van der Waals surface area contributed by atoms with Crippen LogP contribution in [0.3, 0.4) is 0 Å². The maximum Gasteiger partial charge on any atom is 0.169 e. The van der Waals surface area contributed by atoms with Gasteiger partial charge in [-0.15, -0.1) is 0 Å². The van der Waals surface area contributed by atoms with Crippen LogP contribution >= 0.6 is 0 Å². The molecule has 74 valence electrons. The fourth-order valence-electron chi connectivity index (χ4n) is 1.30. The molecule has 1 unspecified atom stereocenters. The molecule has 1 rings (SSSR count). The van der Waals surface area contributed by atoms with E-state index in [-0.39, 0.29) is 0 Å². The average molecular weight is 189 g/mol. The average Bonchev–Trinajstić information content (AvgIpc) is 2.19. The summed E-state index contributed by atoms with van der Waals surface area (Å²) in [6.07, 6.45) is -0.431. The minimum Gasteiger partial charge on any atom is -0.359 e. The van der Waals surface area contributed by atoms with E-state index in [9.17, 15) is 0 Å². The first-order valence-electron chi connectivity index (χ1n) is 4.77. The van der Waals surface area contributed by atoms with Crippen LogP contribution in [0, 0.1) is 25.2 Å². The molecule has 1 aromatic rings. The van der Waals surface area contributed by atoms with Crippen molar-refractivity contribution in [3.05, 3.63) is 34.9 Å². The van der Waals surface area contributed by atoms with Crippen molar-refractivity contribution in [2.45, 2.75) is 26.9 Å². The van der Waals surface area contributed by atoms with E-state index in [1.54, 1.807) is 0 Å². The summed E-state index contributed by atoms with van der Waals surface area (Å²) in [6.45, 7) is 6.55. The van der Waals surface area contributed by atoms with Crippen molar-refractivity contribution in [3.8, 4) is 6.07 Å². The second kappa shape index (κ2) is 4.78. The largest absolute Gasteiger partial charge is 0.359 e. The molecule has 1 aromatic carbocycles. The molecule has 0 saturated carbocycles. The van der Waals surface area contributed by atoms with Crippen molar-refractivity contribution in [2.24, 2.45) is 0 Å². The highest BCUT2D eigenvalue weighted by Gasteiger charge is 2.09. The molecule has 0 saturated heterocycles. The van der Waals surface area contributed by atoms with Gasteiger partial charge in [0, 0.05) is 6.61 Å². The highest BCUT2D eigenvalue weighted by molar-refractivity contribution is 5.33. The molecule has 14 heavy (non-hydrogen) atoms. The Bertz CT molecular complexity index is 352. The Morgan fingerprint density at radius 2 is 2.07 bits per heavy atom. The van der Waals surface area contributed by atoms with Crippen LogP contribution in [-0.4, -0.2) is 6.61 Å². The molecule has 0 heterocycles. The van der Waals surface area contributed by atoms with Gasteiger partial charge in [0.05, 0.1) is 6.07 Å². The zero-order chi connectivity index (χ0) is 10.6. The monoisotopic (exact) mass is 189 g/mol. The quantitative estimate of drug-likeness (QED) is 0.732. The summed E-state index contributed by atoms with van der Waals surface area (Å²) in [5, 5.41) is 8.90. The van der Waals surface area contributed by atoms with Gasteiger partial charge < -0.3 is 4.74 Å². The second-order valence-corrected chi connectivity index (χ2v) is 3.31. The van der Waals surface area contributed by atoms with Crippen LogP contribution in [0.5, 0.6) is 0 Å². The number of hydrogen-bond acceptors (Lipinski definition) is 2. The SMILES string of the molecule is CCOC(C#N)c1ccc(C)c(C)c1.